The van der Waals surface area contributed by atoms with E-state index in [1.165, 1.54) is 77.0 Å². The van der Waals surface area contributed by atoms with Gasteiger partial charge in [-0.25, -0.2) is 0 Å². The van der Waals surface area contributed by atoms with Crippen molar-refractivity contribution in [3.05, 3.63) is 0 Å². The smallest absolute Gasteiger partial charge is 0.0543 e. The Morgan fingerprint density at radius 2 is 1.55 bits per heavy atom. The number of unbranched alkanes of at least 4 members (excludes halogenated alkanes) is 4. The molecule has 118 valence electrons. The average molecular weight is 280 g/mol. The highest BCUT2D eigenvalue weighted by Crippen LogP contribution is 2.41. The van der Waals surface area contributed by atoms with Crippen LogP contribution in [0.15, 0.2) is 0 Å². The molecule has 2 saturated carbocycles. The van der Waals surface area contributed by atoms with Gasteiger partial charge in [0.25, 0.3) is 0 Å². The van der Waals surface area contributed by atoms with E-state index in [0.29, 0.717) is 0 Å². The largest absolute Gasteiger partial charge is 0.393 e. The number of rotatable bonds is 7. The van der Waals surface area contributed by atoms with E-state index < -0.39 is 0 Å². The van der Waals surface area contributed by atoms with Gasteiger partial charge in [-0.05, 0) is 49.9 Å². The van der Waals surface area contributed by atoms with Crippen LogP contribution >= 0.6 is 0 Å². The summed E-state index contributed by atoms with van der Waals surface area (Å²) in [5, 5.41) is 9.85. The topological polar surface area (TPSA) is 20.2 Å². The van der Waals surface area contributed by atoms with Crippen molar-refractivity contribution in [2.45, 2.75) is 103 Å². The number of aliphatic hydroxyl groups is 1. The molecule has 2 aliphatic carbocycles. The second kappa shape index (κ2) is 9.07. The number of hydrogen-bond donors (Lipinski definition) is 1. The summed E-state index contributed by atoms with van der Waals surface area (Å²) in [5.41, 5.74) is 0. The fourth-order valence-electron chi connectivity index (χ4n) is 4.61. The van der Waals surface area contributed by atoms with Gasteiger partial charge in [0.15, 0.2) is 0 Å². The Labute approximate surface area is 126 Å². The molecule has 1 N–H and O–H groups in total. The van der Waals surface area contributed by atoms with Crippen molar-refractivity contribution >= 4 is 0 Å². The Morgan fingerprint density at radius 3 is 2.25 bits per heavy atom. The summed E-state index contributed by atoms with van der Waals surface area (Å²) < 4.78 is 0. The summed E-state index contributed by atoms with van der Waals surface area (Å²) in [5.74, 6) is 2.83. The molecule has 2 rings (SSSR count). The van der Waals surface area contributed by atoms with Crippen molar-refractivity contribution in [1.29, 1.82) is 0 Å². The monoisotopic (exact) mass is 280 g/mol. The molecule has 0 saturated heterocycles. The van der Waals surface area contributed by atoms with Crippen LogP contribution in [0.4, 0.5) is 0 Å². The lowest BCUT2D eigenvalue weighted by Crippen LogP contribution is -2.28. The van der Waals surface area contributed by atoms with Crippen LogP contribution in [0.1, 0.15) is 96.8 Å². The Balaban J connectivity index is 1.57. The Hall–Kier alpha value is -0.0400. The van der Waals surface area contributed by atoms with Crippen LogP contribution in [-0.4, -0.2) is 11.2 Å². The van der Waals surface area contributed by atoms with Gasteiger partial charge in [-0.1, -0.05) is 64.7 Å². The molecule has 0 radical (unpaired) electrons. The molecule has 20 heavy (non-hydrogen) atoms. The van der Waals surface area contributed by atoms with Gasteiger partial charge in [-0.15, -0.1) is 0 Å². The first-order valence-electron chi connectivity index (χ1n) is 9.47. The van der Waals surface area contributed by atoms with E-state index in [1.807, 2.05) is 0 Å². The molecule has 2 atom stereocenters. The Bertz CT molecular complexity index is 242. The predicted octanol–water partition coefficient (Wildman–Crippen LogP) is 5.70. The second-order valence-corrected chi connectivity index (χ2v) is 7.56. The van der Waals surface area contributed by atoms with Gasteiger partial charge in [0.05, 0.1) is 6.10 Å². The molecule has 1 heteroatoms. The lowest BCUT2D eigenvalue weighted by Gasteiger charge is -2.37. The van der Waals surface area contributed by atoms with Crippen LogP contribution in [0.25, 0.3) is 0 Å². The summed E-state index contributed by atoms with van der Waals surface area (Å²) in [4.78, 5) is 0. The summed E-state index contributed by atoms with van der Waals surface area (Å²) in [6.45, 7) is 2.30. The lowest BCUT2D eigenvalue weighted by molar-refractivity contribution is 0.0639. The van der Waals surface area contributed by atoms with Crippen molar-refractivity contribution in [3.63, 3.8) is 0 Å². The van der Waals surface area contributed by atoms with Crippen LogP contribution in [-0.2, 0) is 0 Å². The molecule has 0 unspecified atom stereocenters. The van der Waals surface area contributed by atoms with Crippen LogP contribution in [0.2, 0.25) is 0 Å². The minimum atomic E-state index is 0.0186. The van der Waals surface area contributed by atoms with E-state index >= 15 is 0 Å². The second-order valence-electron chi connectivity index (χ2n) is 7.56. The molecule has 0 aromatic heterocycles. The van der Waals surface area contributed by atoms with Gasteiger partial charge in [0, 0.05) is 0 Å². The van der Waals surface area contributed by atoms with E-state index in [2.05, 4.69) is 6.92 Å². The Kier molecular flexibility index (Phi) is 7.41. The standard InChI is InChI=1S/C19H36O/c1-2-3-4-5-6-8-16-11-13-17(14-12-16)18-9-7-10-19(20)15-18/h16-20H,2-15H2,1H3/t16?,17?,18-,19-/m1/s1. The molecule has 0 bridgehead atoms. The molecular weight excluding hydrogens is 244 g/mol. The summed E-state index contributed by atoms with van der Waals surface area (Å²) in [7, 11) is 0. The maximum atomic E-state index is 9.85. The summed E-state index contributed by atoms with van der Waals surface area (Å²) in [6, 6.07) is 0. The number of hydrogen-bond acceptors (Lipinski definition) is 1. The highest BCUT2D eigenvalue weighted by molar-refractivity contribution is 4.82. The van der Waals surface area contributed by atoms with Crippen LogP contribution < -0.4 is 0 Å². The molecule has 0 heterocycles. The van der Waals surface area contributed by atoms with Gasteiger partial charge in [0.2, 0.25) is 0 Å². The van der Waals surface area contributed by atoms with Crippen LogP contribution in [0.3, 0.4) is 0 Å². The first-order chi connectivity index (χ1) is 9.79. The van der Waals surface area contributed by atoms with E-state index in [4.69, 9.17) is 0 Å². The summed E-state index contributed by atoms with van der Waals surface area (Å²) >= 11 is 0. The molecule has 2 aliphatic rings. The highest BCUT2D eigenvalue weighted by atomic mass is 16.3. The zero-order valence-corrected chi connectivity index (χ0v) is 13.7. The molecule has 1 nitrogen and oxygen atoms in total. The maximum absolute atomic E-state index is 9.85. The zero-order chi connectivity index (χ0) is 14.2. The van der Waals surface area contributed by atoms with E-state index in [-0.39, 0.29) is 6.10 Å². The molecule has 0 aromatic rings. The molecular formula is C19H36O. The normalized spacial score (nSPS) is 35.1. The van der Waals surface area contributed by atoms with Gasteiger partial charge in [-0.3, -0.25) is 0 Å². The first kappa shape index (κ1) is 16.3. The SMILES string of the molecule is CCCCCCCC1CCC([C@@H]2CCC[C@@H](O)C2)CC1. The third-order valence-electron chi connectivity index (χ3n) is 5.96. The fourth-order valence-corrected chi connectivity index (χ4v) is 4.61. The van der Waals surface area contributed by atoms with Gasteiger partial charge < -0.3 is 5.11 Å². The Morgan fingerprint density at radius 1 is 0.800 bits per heavy atom. The zero-order valence-electron chi connectivity index (χ0n) is 13.7. The van der Waals surface area contributed by atoms with Gasteiger partial charge in [0.1, 0.15) is 0 Å². The van der Waals surface area contributed by atoms with Crippen molar-refractivity contribution in [1.82, 2.24) is 0 Å². The quantitative estimate of drug-likeness (QED) is 0.593. The fraction of sp³-hybridized carbons (Fsp3) is 1.00. The van der Waals surface area contributed by atoms with Crippen molar-refractivity contribution < 1.29 is 5.11 Å². The van der Waals surface area contributed by atoms with Crippen molar-refractivity contribution in [2.24, 2.45) is 17.8 Å². The van der Waals surface area contributed by atoms with E-state index in [1.54, 1.807) is 0 Å². The molecule has 0 aliphatic heterocycles. The highest BCUT2D eigenvalue weighted by Gasteiger charge is 2.30. The number of aliphatic hydroxyl groups excluding tert-OH is 1. The van der Waals surface area contributed by atoms with Crippen LogP contribution in [0.5, 0.6) is 0 Å². The maximum Gasteiger partial charge on any atom is 0.0543 e. The summed E-state index contributed by atoms with van der Waals surface area (Å²) in [6.07, 6.45) is 19.4. The van der Waals surface area contributed by atoms with Gasteiger partial charge in [-0.2, -0.15) is 0 Å². The minimum absolute atomic E-state index is 0.0186. The molecule has 0 aromatic carbocycles. The van der Waals surface area contributed by atoms with Crippen molar-refractivity contribution in [2.75, 3.05) is 0 Å². The van der Waals surface area contributed by atoms with E-state index in [9.17, 15) is 5.11 Å². The van der Waals surface area contributed by atoms with Crippen LogP contribution in [0, 0.1) is 17.8 Å². The van der Waals surface area contributed by atoms with E-state index in [0.717, 1.165) is 30.6 Å². The molecule has 0 amide bonds. The molecule has 0 spiro atoms. The third kappa shape index (κ3) is 5.39. The van der Waals surface area contributed by atoms with Gasteiger partial charge >= 0.3 is 0 Å². The first-order valence-corrected chi connectivity index (χ1v) is 9.47. The molecule has 2 fully saturated rings. The lowest BCUT2D eigenvalue weighted by atomic mass is 9.70. The van der Waals surface area contributed by atoms with Crippen molar-refractivity contribution in [3.8, 4) is 0 Å². The third-order valence-corrected chi connectivity index (χ3v) is 5.96. The minimum Gasteiger partial charge on any atom is -0.393 e. The predicted molar refractivity (Wildman–Crippen MR) is 86.8 cm³/mol. The average Bonchev–Trinajstić information content (AvgIpc) is 2.48.